The molecule has 1 unspecified atom stereocenters. The van der Waals surface area contributed by atoms with Crippen LogP contribution in [0.4, 0.5) is 0 Å². The van der Waals surface area contributed by atoms with Gasteiger partial charge in [0.2, 0.25) is 0 Å². The second-order valence-electron chi connectivity index (χ2n) is 5.56. The minimum atomic E-state index is 0.324. The van der Waals surface area contributed by atoms with E-state index < -0.39 is 0 Å². The summed E-state index contributed by atoms with van der Waals surface area (Å²) in [6, 6.07) is 0. The van der Waals surface area contributed by atoms with E-state index >= 15 is 0 Å². The van der Waals surface area contributed by atoms with Gasteiger partial charge in [-0.2, -0.15) is 0 Å². The highest BCUT2D eigenvalue weighted by molar-refractivity contribution is 5.25. The predicted octanol–water partition coefficient (Wildman–Crippen LogP) is 3.29. The van der Waals surface area contributed by atoms with E-state index in [4.69, 9.17) is 0 Å². The average molecular weight is 194 g/mol. The molecule has 0 bridgehead atoms. The van der Waals surface area contributed by atoms with Crippen LogP contribution in [0, 0.1) is 11.3 Å². The summed E-state index contributed by atoms with van der Waals surface area (Å²) in [7, 11) is 0. The fourth-order valence-electron chi connectivity index (χ4n) is 3.17. The first-order valence-corrected chi connectivity index (χ1v) is 5.97. The summed E-state index contributed by atoms with van der Waals surface area (Å²) < 4.78 is 0. The zero-order valence-electron chi connectivity index (χ0n) is 9.47. The molecule has 0 radical (unpaired) electrons. The van der Waals surface area contributed by atoms with Gasteiger partial charge in [0.25, 0.3) is 0 Å². The van der Waals surface area contributed by atoms with Gasteiger partial charge in [0.15, 0.2) is 0 Å². The summed E-state index contributed by atoms with van der Waals surface area (Å²) >= 11 is 0. The first-order valence-electron chi connectivity index (χ1n) is 5.97. The molecule has 1 N–H and O–H groups in total. The zero-order chi connectivity index (χ0) is 10.2. The third-order valence-electron chi connectivity index (χ3n) is 4.25. The summed E-state index contributed by atoms with van der Waals surface area (Å²) in [5.74, 6) is 0.451. The molecule has 1 nitrogen and oxygen atoms in total. The van der Waals surface area contributed by atoms with Gasteiger partial charge < -0.3 is 5.11 Å². The maximum atomic E-state index is 9.53. The predicted molar refractivity (Wildman–Crippen MR) is 59.1 cm³/mol. The fourth-order valence-corrected chi connectivity index (χ4v) is 3.17. The highest BCUT2D eigenvalue weighted by Gasteiger charge is 2.37. The fraction of sp³-hybridized carbons (Fsp3) is 0.846. The molecule has 0 spiro atoms. The van der Waals surface area contributed by atoms with Gasteiger partial charge in [-0.15, -0.1) is 0 Å². The van der Waals surface area contributed by atoms with Crippen molar-refractivity contribution in [1.82, 2.24) is 0 Å². The van der Waals surface area contributed by atoms with Crippen molar-refractivity contribution in [3.05, 3.63) is 11.1 Å². The second kappa shape index (κ2) is 3.69. The highest BCUT2D eigenvalue weighted by Crippen LogP contribution is 2.47. The van der Waals surface area contributed by atoms with Gasteiger partial charge in [-0.3, -0.25) is 0 Å². The summed E-state index contributed by atoms with van der Waals surface area (Å²) in [5, 5.41) is 9.53. The topological polar surface area (TPSA) is 20.2 Å². The lowest BCUT2D eigenvalue weighted by molar-refractivity contribution is 0.119. The Morgan fingerprint density at radius 2 is 1.93 bits per heavy atom. The van der Waals surface area contributed by atoms with Crippen LogP contribution in [-0.2, 0) is 0 Å². The van der Waals surface area contributed by atoms with E-state index in [9.17, 15) is 5.11 Å². The Hall–Kier alpha value is -0.300. The van der Waals surface area contributed by atoms with Crippen molar-refractivity contribution in [3.8, 4) is 0 Å². The molecule has 80 valence electrons. The number of aliphatic hydroxyl groups excluding tert-OH is 1. The first-order chi connectivity index (χ1) is 6.65. The Morgan fingerprint density at radius 3 is 2.64 bits per heavy atom. The first kappa shape index (κ1) is 10.2. The molecule has 2 rings (SSSR count). The van der Waals surface area contributed by atoms with Gasteiger partial charge in [0, 0.05) is 5.92 Å². The van der Waals surface area contributed by atoms with Crippen LogP contribution in [-0.4, -0.2) is 11.7 Å². The van der Waals surface area contributed by atoms with E-state index in [0.29, 0.717) is 17.9 Å². The van der Waals surface area contributed by atoms with Gasteiger partial charge in [-0.05, 0) is 43.9 Å². The largest absolute Gasteiger partial charge is 0.396 e. The molecule has 0 aromatic heterocycles. The molecule has 0 saturated carbocycles. The van der Waals surface area contributed by atoms with Crippen molar-refractivity contribution in [2.24, 2.45) is 11.3 Å². The van der Waals surface area contributed by atoms with Crippen LogP contribution in [0.1, 0.15) is 52.4 Å². The van der Waals surface area contributed by atoms with E-state index in [0.717, 1.165) is 0 Å². The lowest BCUT2D eigenvalue weighted by Gasteiger charge is -2.42. The van der Waals surface area contributed by atoms with Gasteiger partial charge in [-0.1, -0.05) is 25.0 Å². The summed E-state index contributed by atoms with van der Waals surface area (Å²) in [6.07, 6.45) is 7.82. The summed E-state index contributed by atoms with van der Waals surface area (Å²) in [6.45, 7) is 4.98. The number of hydrogen-bond acceptors (Lipinski definition) is 1. The molecule has 2 aliphatic carbocycles. The van der Waals surface area contributed by atoms with E-state index in [-0.39, 0.29) is 0 Å². The quantitative estimate of drug-likeness (QED) is 0.635. The average Bonchev–Trinajstić information content (AvgIpc) is 2.17. The minimum Gasteiger partial charge on any atom is -0.396 e. The number of rotatable bonds is 1. The molecular formula is C13H22O. The standard InChI is InChI=1S/C13H22O/c1-13(2)8-7-10-5-3-4-6-11(10)12(13)9-14/h12,14H,3-9H2,1-2H3. The van der Waals surface area contributed by atoms with Crippen molar-refractivity contribution in [1.29, 1.82) is 0 Å². The number of aliphatic hydroxyl groups is 1. The number of allylic oxidation sites excluding steroid dienone is 1. The van der Waals surface area contributed by atoms with Crippen LogP contribution in [0.25, 0.3) is 0 Å². The van der Waals surface area contributed by atoms with Crippen molar-refractivity contribution in [3.63, 3.8) is 0 Å². The zero-order valence-corrected chi connectivity index (χ0v) is 9.47. The molecule has 0 fully saturated rings. The molecular weight excluding hydrogens is 172 g/mol. The Morgan fingerprint density at radius 1 is 1.21 bits per heavy atom. The Labute approximate surface area is 87.2 Å². The van der Waals surface area contributed by atoms with Crippen molar-refractivity contribution in [2.45, 2.75) is 52.4 Å². The molecule has 0 saturated heterocycles. The molecule has 1 heteroatoms. The third kappa shape index (κ3) is 1.63. The summed E-state index contributed by atoms with van der Waals surface area (Å²) in [4.78, 5) is 0. The highest BCUT2D eigenvalue weighted by atomic mass is 16.3. The van der Waals surface area contributed by atoms with E-state index in [1.807, 2.05) is 0 Å². The van der Waals surface area contributed by atoms with Gasteiger partial charge in [-0.25, -0.2) is 0 Å². The van der Waals surface area contributed by atoms with Crippen LogP contribution < -0.4 is 0 Å². The molecule has 0 aliphatic heterocycles. The Bertz CT molecular complexity index is 250. The van der Waals surface area contributed by atoms with Crippen LogP contribution in [0.15, 0.2) is 11.1 Å². The molecule has 0 aromatic carbocycles. The summed E-state index contributed by atoms with van der Waals surface area (Å²) in [5.41, 5.74) is 3.63. The maximum Gasteiger partial charge on any atom is 0.0501 e. The molecule has 0 heterocycles. The third-order valence-corrected chi connectivity index (χ3v) is 4.25. The van der Waals surface area contributed by atoms with Gasteiger partial charge in [0.05, 0.1) is 6.61 Å². The Kier molecular flexibility index (Phi) is 2.70. The molecule has 1 atom stereocenters. The molecule has 0 aromatic rings. The van der Waals surface area contributed by atoms with Crippen LogP contribution in [0.2, 0.25) is 0 Å². The van der Waals surface area contributed by atoms with E-state index in [2.05, 4.69) is 13.8 Å². The lowest BCUT2D eigenvalue weighted by atomic mass is 9.63. The van der Waals surface area contributed by atoms with Crippen molar-refractivity contribution in [2.75, 3.05) is 6.61 Å². The number of hydrogen-bond donors (Lipinski definition) is 1. The smallest absolute Gasteiger partial charge is 0.0501 e. The molecule has 0 amide bonds. The van der Waals surface area contributed by atoms with E-state index in [1.165, 1.54) is 38.5 Å². The lowest BCUT2D eigenvalue weighted by Crippen LogP contribution is -2.33. The van der Waals surface area contributed by atoms with Crippen molar-refractivity contribution >= 4 is 0 Å². The van der Waals surface area contributed by atoms with Crippen LogP contribution >= 0.6 is 0 Å². The van der Waals surface area contributed by atoms with Crippen molar-refractivity contribution < 1.29 is 5.11 Å². The normalized spacial score (nSPS) is 31.5. The van der Waals surface area contributed by atoms with Crippen LogP contribution in [0.5, 0.6) is 0 Å². The SMILES string of the molecule is CC1(C)CCC2=C(CCCC2)C1CO. The van der Waals surface area contributed by atoms with Gasteiger partial charge in [0.1, 0.15) is 0 Å². The minimum absolute atomic E-state index is 0.324. The monoisotopic (exact) mass is 194 g/mol. The maximum absolute atomic E-state index is 9.53. The van der Waals surface area contributed by atoms with Crippen LogP contribution in [0.3, 0.4) is 0 Å². The molecule has 2 aliphatic rings. The second-order valence-corrected chi connectivity index (χ2v) is 5.56. The van der Waals surface area contributed by atoms with E-state index in [1.54, 1.807) is 11.1 Å². The molecule has 14 heavy (non-hydrogen) atoms. The Balaban J connectivity index is 2.29. The van der Waals surface area contributed by atoms with Gasteiger partial charge >= 0.3 is 0 Å².